The highest BCUT2D eigenvalue weighted by atomic mass is 14.9. The van der Waals surface area contributed by atoms with Crippen LogP contribution in [0.4, 0.5) is 5.69 Å². The van der Waals surface area contributed by atoms with Crippen LogP contribution in [0.25, 0.3) is 0 Å². The minimum atomic E-state index is 0.562. The molecule has 4 heteroatoms. The van der Waals surface area contributed by atoms with E-state index in [9.17, 15) is 0 Å². The average Bonchev–Trinajstić information content (AvgIpc) is 2.49. The van der Waals surface area contributed by atoms with Gasteiger partial charge in [-0.1, -0.05) is 30.3 Å². The van der Waals surface area contributed by atoms with Crippen molar-refractivity contribution in [3.63, 3.8) is 0 Å². The Morgan fingerprint density at radius 1 is 1.05 bits per heavy atom. The summed E-state index contributed by atoms with van der Waals surface area (Å²) >= 11 is 0. The second-order valence-corrected chi connectivity index (χ2v) is 5.35. The summed E-state index contributed by atoms with van der Waals surface area (Å²) in [4.78, 5) is 4.21. The number of nitrogens with zero attached hydrogens (tertiary/aromatic N) is 1. The largest absolute Gasteiger partial charge is 0.387 e. The zero-order valence-electron chi connectivity index (χ0n) is 13.1. The molecule has 0 aromatic heterocycles. The van der Waals surface area contributed by atoms with Crippen molar-refractivity contribution in [3.05, 3.63) is 65.2 Å². The third-order valence-electron chi connectivity index (χ3n) is 3.26. The van der Waals surface area contributed by atoms with Gasteiger partial charge in [-0.3, -0.25) is 0 Å². The van der Waals surface area contributed by atoms with E-state index in [2.05, 4.69) is 22.4 Å². The maximum Gasteiger partial charge on any atom is 0.0964 e. The van der Waals surface area contributed by atoms with E-state index in [0.717, 1.165) is 24.3 Å². The lowest BCUT2D eigenvalue weighted by molar-refractivity contribution is 0.693. The van der Waals surface area contributed by atoms with E-state index in [1.54, 1.807) is 13.8 Å². The van der Waals surface area contributed by atoms with Crippen LogP contribution in [0.2, 0.25) is 0 Å². The van der Waals surface area contributed by atoms with Gasteiger partial charge in [-0.05, 0) is 48.7 Å². The van der Waals surface area contributed by atoms with Gasteiger partial charge in [-0.2, -0.15) is 0 Å². The van der Waals surface area contributed by atoms with E-state index in [0.29, 0.717) is 11.5 Å². The Hall–Kier alpha value is -2.46. The van der Waals surface area contributed by atoms with E-state index < -0.39 is 0 Å². The molecule has 0 fully saturated rings. The van der Waals surface area contributed by atoms with Crippen LogP contribution in [0, 0.1) is 5.41 Å². The predicted octanol–water partition coefficient (Wildman–Crippen LogP) is 3.37. The van der Waals surface area contributed by atoms with Gasteiger partial charge in [0.2, 0.25) is 0 Å². The van der Waals surface area contributed by atoms with Gasteiger partial charge < -0.3 is 16.5 Å². The van der Waals surface area contributed by atoms with Gasteiger partial charge in [0.05, 0.1) is 11.5 Å². The smallest absolute Gasteiger partial charge is 0.0964 e. The van der Waals surface area contributed by atoms with Crippen LogP contribution in [0.5, 0.6) is 0 Å². The number of rotatable bonds is 6. The fourth-order valence-corrected chi connectivity index (χ4v) is 2.16. The molecule has 0 radical (unpaired) electrons. The van der Waals surface area contributed by atoms with Crippen molar-refractivity contribution >= 4 is 17.2 Å². The molecule has 4 nitrogen and oxygen atoms in total. The molecule has 2 rings (SSSR count). The fourth-order valence-electron chi connectivity index (χ4n) is 2.16. The molecule has 0 heterocycles. The second kappa shape index (κ2) is 7.52. The molecule has 0 amide bonds. The van der Waals surface area contributed by atoms with Crippen LogP contribution >= 0.6 is 0 Å². The van der Waals surface area contributed by atoms with Gasteiger partial charge in [0.15, 0.2) is 0 Å². The maximum atomic E-state index is 7.67. The molecule has 114 valence electrons. The van der Waals surface area contributed by atoms with Gasteiger partial charge in [0.25, 0.3) is 0 Å². The second-order valence-electron chi connectivity index (χ2n) is 5.35. The van der Waals surface area contributed by atoms with E-state index in [1.165, 1.54) is 11.1 Å². The van der Waals surface area contributed by atoms with Crippen molar-refractivity contribution in [1.29, 1.82) is 5.41 Å². The third kappa shape index (κ3) is 4.82. The fraction of sp³-hybridized carbons (Fsp3) is 0.222. The first-order valence-corrected chi connectivity index (χ1v) is 7.29. The maximum absolute atomic E-state index is 7.67. The topological polar surface area (TPSA) is 74.3 Å². The van der Waals surface area contributed by atoms with Crippen molar-refractivity contribution in [2.24, 2.45) is 10.7 Å². The molecule has 0 unspecified atom stereocenters. The van der Waals surface area contributed by atoms with Crippen LogP contribution in [-0.2, 0) is 13.1 Å². The Bertz CT molecular complexity index is 668. The highest BCUT2D eigenvalue weighted by Gasteiger charge is 1.99. The number of aliphatic imine (C=N–C) groups is 1. The van der Waals surface area contributed by atoms with Crippen molar-refractivity contribution in [1.82, 2.24) is 5.32 Å². The monoisotopic (exact) mass is 294 g/mol. The zero-order chi connectivity index (χ0) is 15.9. The highest BCUT2D eigenvalue weighted by molar-refractivity contribution is 5.96. The number of nitrogens with one attached hydrogen (secondary N) is 2. The molecule has 2 aromatic carbocycles. The molecular weight excluding hydrogens is 272 g/mol. The molecule has 22 heavy (non-hydrogen) atoms. The molecule has 2 aromatic rings. The lowest BCUT2D eigenvalue weighted by Gasteiger charge is -2.07. The molecule has 0 atom stereocenters. The number of hydrogen-bond acceptors (Lipinski definition) is 3. The number of benzene rings is 2. The van der Waals surface area contributed by atoms with Crippen LogP contribution in [-0.4, -0.2) is 11.5 Å². The molecule has 0 bridgehead atoms. The zero-order valence-corrected chi connectivity index (χ0v) is 13.1. The lowest BCUT2D eigenvalue weighted by Crippen LogP contribution is -2.13. The summed E-state index contributed by atoms with van der Waals surface area (Å²) in [6.07, 6.45) is 0. The first-order chi connectivity index (χ1) is 10.5. The normalized spacial score (nSPS) is 11.5. The van der Waals surface area contributed by atoms with Crippen molar-refractivity contribution in [2.45, 2.75) is 26.9 Å². The summed E-state index contributed by atoms with van der Waals surface area (Å²) in [5, 5.41) is 11.1. The standard InChI is InChI=1S/C18H22N4/c1-13(19)17-5-3-4-16(10-17)12-21-11-15-6-8-18(9-7-15)22-14(2)20/h3-10,19,21H,11-12H2,1-2H3,(H2,20,22). The van der Waals surface area contributed by atoms with E-state index in [1.807, 2.05) is 36.4 Å². The summed E-state index contributed by atoms with van der Waals surface area (Å²) in [5.74, 6) is 0.562. The van der Waals surface area contributed by atoms with Gasteiger partial charge in [0, 0.05) is 18.8 Å². The Labute approximate surface area is 131 Å². The summed E-state index contributed by atoms with van der Waals surface area (Å²) in [5.41, 5.74) is 10.4. The van der Waals surface area contributed by atoms with Crippen LogP contribution in [0.1, 0.15) is 30.5 Å². The van der Waals surface area contributed by atoms with Gasteiger partial charge in [-0.25, -0.2) is 4.99 Å². The average molecular weight is 294 g/mol. The van der Waals surface area contributed by atoms with Crippen molar-refractivity contribution in [2.75, 3.05) is 0 Å². The summed E-state index contributed by atoms with van der Waals surface area (Å²) in [7, 11) is 0. The molecule has 0 aliphatic rings. The SMILES string of the molecule is CC(=N)c1cccc(CNCc2ccc(N=C(C)N)cc2)c1. The Kier molecular flexibility index (Phi) is 5.44. The first kappa shape index (κ1) is 15.9. The first-order valence-electron chi connectivity index (χ1n) is 7.29. The Morgan fingerprint density at radius 2 is 1.73 bits per heavy atom. The predicted molar refractivity (Wildman–Crippen MR) is 92.9 cm³/mol. The van der Waals surface area contributed by atoms with Crippen LogP contribution in [0.15, 0.2) is 53.5 Å². The number of nitrogens with two attached hydrogens (primary N) is 1. The molecule has 0 saturated carbocycles. The molecule has 0 spiro atoms. The quantitative estimate of drug-likeness (QED) is 0.564. The lowest BCUT2D eigenvalue weighted by atomic mass is 10.1. The molecular formula is C18H22N4. The van der Waals surface area contributed by atoms with E-state index in [-0.39, 0.29) is 0 Å². The molecule has 0 aliphatic carbocycles. The number of amidine groups is 1. The van der Waals surface area contributed by atoms with Crippen LogP contribution in [0.3, 0.4) is 0 Å². The van der Waals surface area contributed by atoms with Crippen molar-refractivity contribution in [3.8, 4) is 0 Å². The Morgan fingerprint density at radius 3 is 2.36 bits per heavy atom. The summed E-state index contributed by atoms with van der Waals surface area (Å²) in [6.45, 7) is 5.15. The third-order valence-corrected chi connectivity index (χ3v) is 3.26. The minimum absolute atomic E-state index is 0.562. The van der Waals surface area contributed by atoms with Crippen molar-refractivity contribution < 1.29 is 0 Å². The highest BCUT2D eigenvalue weighted by Crippen LogP contribution is 2.13. The minimum Gasteiger partial charge on any atom is -0.387 e. The Balaban J connectivity index is 1.90. The van der Waals surface area contributed by atoms with Gasteiger partial charge in [-0.15, -0.1) is 0 Å². The van der Waals surface area contributed by atoms with E-state index >= 15 is 0 Å². The van der Waals surface area contributed by atoms with Gasteiger partial charge >= 0.3 is 0 Å². The van der Waals surface area contributed by atoms with E-state index in [4.69, 9.17) is 11.1 Å². The molecule has 0 saturated heterocycles. The number of hydrogen-bond donors (Lipinski definition) is 3. The van der Waals surface area contributed by atoms with Crippen LogP contribution < -0.4 is 11.1 Å². The van der Waals surface area contributed by atoms with Gasteiger partial charge in [0.1, 0.15) is 0 Å². The summed E-state index contributed by atoms with van der Waals surface area (Å²) in [6, 6.07) is 16.1. The summed E-state index contributed by atoms with van der Waals surface area (Å²) < 4.78 is 0. The molecule has 0 aliphatic heterocycles. The molecule has 4 N–H and O–H groups in total.